The Kier molecular flexibility index (Phi) is 5.26. The SMILES string of the molecule is CC(NC(=O)c1cc(C(F)(F)F)nn1C)c1noc(-c2ccnc(C(F)(F)F)c2)n1. The standard InChI is InChI=1S/C16H12F6N6O2/c1-7(24-13(29)9-6-11(16(20,21)22)26-28(9)2)12-25-14(30-27-12)8-3-4-23-10(5-8)15(17,18)19/h3-7H,1-2H3,(H,24,29). The number of aryl methyl sites for hydroxylation is 1. The fraction of sp³-hybridized carbons (Fsp3) is 0.312. The summed E-state index contributed by atoms with van der Waals surface area (Å²) in [5, 5.41) is 9.21. The smallest absolute Gasteiger partial charge is 0.341 e. The predicted molar refractivity (Wildman–Crippen MR) is 86.6 cm³/mol. The lowest BCUT2D eigenvalue weighted by molar-refractivity contribution is -0.142. The molecule has 0 saturated heterocycles. The molecule has 1 N–H and O–H groups in total. The molecule has 3 heterocycles. The van der Waals surface area contributed by atoms with E-state index in [-0.39, 0.29) is 23.0 Å². The molecule has 0 aliphatic rings. The molecule has 3 aromatic rings. The number of aromatic nitrogens is 5. The van der Waals surface area contributed by atoms with E-state index in [4.69, 9.17) is 4.52 Å². The van der Waals surface area contributed by atoms with E-state index in [1.165, 1.54) is 20.0 Å². The first-order chi connectivity index (χ1) is 13.9. The molecule has 160 valence electrons. The van der Waals surface area contributed by atoms with Crippen LogP contribution in [0.5, 0.6) is 0 Å². The third kappa shape index (κ3) is 4.41. The number of hydrogen-bond acceptors (Lipinski definition) is 6. The molecule has 8 nitrogen and oxygen atoms in total. The first-order valence-corrected chi connectivity index (χ1v) is 8.15. The average molecular weight is 434 g/mol. The molecule has 0 aliphatic heterocycles. The minimum Gasteiger partial charge on any atom is -0.341 e. The maximum atomic E-state index is 12.8. The summed E-state index contributed by atoms with van der Waals surface area (Å²) in [5.41, 5.74) is -2.79. The summed E-state index contributed by atoms with van der Waals surface area (Å²) in [6.07, 6.45) is -8.46. The van der Waals surface area contributed by atoms with Gasteiger partial charge < -0.3 is 9.84 Å². The third-order valence-electron chi connectivity index (χ3n) is 3.88. The molecule has 0 saturated carbocycles. The van der Waals surface area contributed by atoms with Crippen LogP contribution in [0.3, 0.4) is 0 Å². The van der Waals surface area contributed by atoms with Gasteiger partial charge in [0, 0.05) is 24.9 Å². The number of carbonyl (C=O) groups is 1. The van der Waals surface area contributed by atoms with Crippen LogP contribution in [0.2, 0.25) is 0 Å². The maximum absolute atomic E-state index is 12.8. The summed E-state index contributed by atoms with van der Waals surface area (Å²) in [6.45, 7) is 1.42. The van der Waals surface area contributed by atoms with Gasteiger partial charge in [-0.15, -0.1) is 0 Å². The van der Waals surface area contributed by atoms with E-state index in [2.05, 4.69) is 25.5 Å². The van der Waals surface area contributed by atoms with Crippen LogP contribution in [0.4, 0.5) is 26.3 Å². The van der Waals surface area contributed by atoms with Crippen LogP contribution in [0, 0.1) is 0 Å². The van der Waals surface area contributed by atoms with E-state index in [1.807, 2.05) is 0 Å². The Bertz CT molecular complexity index is 1070. The number of alkyl halides is 6. The van der Waals surface area contributed by atoms with Crippen molar-refractivity contribution in [2.24, 2.45) is 7.05 Å². The molecule has 0 spiro atoms. The van der Waals surface area contributed by atoms with Gasteiger partial charge in [-0.3, -0.25) is 14.5 Å². The van der Waals surface area contributed by atoms with Crippen molar-refractivity contribution in [3.63, 3.8) is 0 Å². The van der Waals surface area contributed by atoms with Gasteiger partial charge in [-0.1, -0.05) is 5.16 Å². The van der Waals surface area contributed by atoms with Crippen LogP contribution in [-0.2, 0) is 19.4 Å². The van der Waals surface area contributed by atoms with E-state index < -0.39 is 35.7 Å². The molecule has 0 aromatic carbocycles. The zero-order valence-corrected chi connectivity index (χ0v) is 15.2. The molecule has 1 amide bonds. The quantitative estimate of drug-likeness (QED) is 0.632. The first-order valence-electron chi connectivity index (χ1n) is 8.15. The molecular formula is C16H12F6N6O2. The number of amides is 1. The van der Waals surface area contributed by atoms with Crippen LogP contribution in [0.1, 0.15) is 40.7 Å². The second-order valence-electron chi connectivity index (χ2n) is 6.12. The number of rotatable bonds is 4. The Balaban J connectivity index is 1.77. The van der Waals surface area contributed by atoms with Gasteiger partial charge in [-0.25, -0.2) is 0 Å². The monoisotopic (exact) mass is 434 g/mol. The molecule has 3 rings (SSSR count). The molecule has 1 unspecified atom stereocenters. The molecular weight excluding hydrogens is 422 g/mol. The topological polar surface area (TPSA) is 98.7 Å². The molecule has 14 heteroatoms. The second kappa shape index (κ2) is 7.42. The minimum atomic E-state index is -4.72. The van der Waals surface area contributed by atoms with Gasteiger partial charge in [-0.2, -0.15) is 36.4 Å². The Morgan fingerprint density at radius 3 is 2.40 bits per heavy atom. The lowest BCUT2D eigenvalue weighted by atomic mass is 10.2. The Hall–Kier alpha value is -3.45. The highest BCUT2D eigenvalue weighted by Crippen LogP contribution is 2.30. The van der Waals surface area contributed by atoms with Crippen LogP contribution < -0.4 is 5.32 Å². The normalized spacial score (nSPS) is 13.3. The van der Waals surface area contributed by atoms with E-state index in [0.717, 1.165) is 16.9 Å². The minimum absolute atomic E-state index is 0.0453. The Morgan fingerprint density at radius 2 is 1.80 bits per heavy atom. The van der Waals surface area contributed by atoms with Gasteiger partial charge in [0.2, 0.25) is 0 Å². The van der Waals surface area contributed by atoms with Crippen molar-refractivity contribution in [3.05, 3.63) is 47.3 Å². The summed E-state index contributed by atoms with van der Waals surface area (Å²) >= 11 is 0. The average Bonchev–Trinajstić information content (AvgIpc) is 3.28. The highest BCUT2D eigenvalue weighted by molar-refractivity contribution is 5.92. The van der Waals surface area contributed by atoms with Crippen molar-refractivity contribution in [2.75, 3.05) is 0 Å². The summed E-state index contributed by atoms with van der Waals surface area (Å²) < 4.78 is 82.2. The number of hydrogen-bond donors (Lipinski definition) is 1. The third-order valence-corrected chi connectivity index (χ3v) is 3.88. The van der Waals surface area contributed by atoms with E-state index in [0.29, 0.717) is 6.07 Å². The molecule has 0 fully saturated rings. The van der Waals surface area contributed by atoms with Crippen LogP contribution in [0.25, 0.3) is 11.5 Å². The van der Waals surface area contributed by atoms with Crippen LogP contribution in [0.15, 0.2) is 28.9 Å². The lowest BCUT2D eigenvalue weighted by Crippen LogP contribution is -2.29. The fourth-order valence-corrected chi connectivity index (χ4v) is 2.40. The largest absolute Gasteiger partial charge is 0.435 e. The maximum Gasteiger partial charge on any atom is 0.435 e. The molecule has 3 aromatic heterocycles. The van der Waals surface area contributed by atoms with E-state index >= 15 is 0 Å². The molecule has 0 bridgehead atoms. The zero-order chi connectivity index (χ0) is 22.3. The molecule has 30 heavy (non-hydrogen) atoms. The van der Waals surface area contributed by atoms with Crippen LogP contribution >= 0.6 is 0 Å². The van der Waals surface area contributed by atoms with Gasteiger partial charge in [-0.05, 0) is 19.1 Å². The summed E-state index contributed by atoms with van der Waals surface area (Å²) in [4.78, 5) is 19.4. The molecule has 0 radical (unpaired) electrons. The zero-order valence-electron chi connectivity index (χ0n) is 15.2. The number of nitrogens with zero attached hydrogens (tertiary/aromatic N) is 5. The number of halogens is 6. The summed E-state index contributed by atoms with van der Waals surface area (Å²) in [6, 6.07) is 1.60. The Morgan fingerprint density at radius 1 is 1.13 bits per heavy atom. The van der Waals surface area contributed by atoms with Crippen LogP contribution in [-0.4, -0.2) is 30.8 Å². The summed E-state index contributed by atoms with van der Waals surface area (Å²) in [7, 11) is 1.17. The van der Waals surface area contributed by atoms with Gasteiger partial charge in [0.1, 0.15) is 11.4 Å². The number of carbonyl (C=O) groups excluding carboxylic acids is 1. The van der Waals surface area contributed by atoms with E-state index in [1.54, 1.807) is 0 Å². The number of pyridine rings is 1. The molecule has 1 atom stereocenters. The van der Waals surface area contributed by atoms with Crippen molar-refractivity contribution in [1.29, 1.82) is 0 Å². The van der Waals surface area contributed by atoms with Gasteiger partial charge in [0.05, 0.1) is 6.04 Å². The van der Waals surface area contributed by atoms with E-state index in [9.17, 15) is 31.1 Å². The Labute approximate surface area is 163 Å². The van der Waals surface area contributed by atoms with Crippen molar-refractivity contribution in [3.8, 4) is 11.5 Å². The van der Waals surface area contributed by atoms with Crippen molar-refractivity contribution >= 4 is 5.91 Å². The first kappa shape index (κ1) is 21.3. The van der Waals surface area contributed by atoms with Gasteiger partial charge in [0.25, 0.3) is 11.8 Å². The van der Waals surface area contributed by atoms with Crippen molar-refractivity contribution < 1.29 is 35.7 Å². The molecule has 0 aliphatic carbocycles. The van der Waals surface area contributed by atoms with Gasteiger partial charge in [0.15, 0.2) is 11.5 Å². The van der Waals surface area contributed by atoms with Crippen molar-refractivity contribution in [2.45, 2.75) is 25.3 Å². The number of nitrogens with one attached hydrogen (secondary N) is 1. The highest BCUT2D eigenvalue weighted by Gasteiger charge is 2.36. The predicted octanol–water partition coefficient (Wildman–Crippen LogP) is 3.39. The second-order valence-corrected chi connectivity index (χ2v) is 6.12. The lowest BCUT2D eigenvalue weighted by Gasteiger charge is -2.09. The fourth-order valence-electron chi connectivity index (χ4n) is 2.40. The van der Waals surface area contributed by atoms with Gasteiger partial charge >= 0.3 is 12.4 Å². The van der Waals surface area contributed by atoms with Crippen molar-refractivity contribution in [1.82, 2.24) is 30.2 Å². The summed E-state index contributed by atoms with van der Waals surface area (Å²) in [5.74, 6) is -1.23. The highest BCUT2D eigenvalue weighted by atomic mass is 19.4.